The van der Waals surface area contributed by atoms with Crippen LogP contribution < -0.4 is 5.56 Å². The molecule has 0 spiro atoms. The van der Waals surface area contributed by atoms with Crippen LogP contribution in [0.4, 0.5) is 4.79 Å². The van der Waals surface area contributed by atoms with Crippen molar-refractivity contribution in [2.24, 2.45) is 0 Å². The molecule has 0 aliphatic rings. The van der Waals surface area contributed by atoms with Gasteiger partial charge in [0.05, 0.1) is 0 Å². The highest BCUT2D eigenvalue weighted by Crippen LogP contribution is 2.07. The molecule has 13 heavy (non-hydrogen) atoms. The number of ether oxygens (including phenoxy) is 1. The fourth-order valence-electron chi connectivity index (χ4n) is 0.753. The van der Waals surface area contributed by atoms with E-state index in [9.17, 15) is 9.59 Å². The number of aromatic amines is 1. The van der Waals surface area contributed by atoms with Gasteiger partial charge in [0, 0.05) is 13.7 Å². The zero-order valence-corrected chi connectivity index (χ0v) is 7.83. The molecule has 1 rings (SSSR count). The van der Waals surface area contributed by atoms with Crippen LogP contribution in [0.2, 0.25) is 0 Å². The second kappa shape index (κ2) is 3.08. The summed E-state index contributed by atoms with van der Waals surface area (Å²) in [4.78, 5) is 21.9. The third-order valence-electron chi connectivity index (χ3n) is 1.20. The summed E-state index contributed by atoms with van der Waals surface area (Å²) in [6.07, 6.45) is 0.741. The molecule has 0 radical (unpaired) electrons. The largest absolute Gasteiger partial charge is 0.442 e. The van der Waals surface area contributed by atoms with Crippen molar-refractivity contribution in [3.63, 3.8) is 0 Å². The number of carbonyl (C=O) groups excluding carboxylic acids is 1. The minimum absolute atomic E-state index is 0. The maximum atomic E-state index is 11.2. The number of aromatic nitrogens is 2. The van der Waals surface area contributed by atoms with Crippen LogP contribution >= 0.6 is 0 Å². The average molecular weight is 186 g/mol. The van der Waals surface area contributed by atoms with Gasteiger partial charge in [-0.2, -0.15) is 4.68 Å². The lowest BCUT2D eigenvalue weighted by atomic mass is 10.2. The van der Waals surface area contributed by atoms with E-state index in [2.05, 4.69) is 5.10 Å². The lowest BCUT2D eigenvalue weighted by Gasteiger charge is -2.18. The normalized spacial score (nSPS) is 11.3. The fourth-order valence-corrected chi connectivity index (χ4v) is 0.753. The Morgan fingerprint density at radius 2 is 2.23 bits per heavy atom. The lowest BCUT2D eigenvalue weighted by molar-refractivity contribution is 0.0514. The average Bonchev–Trinajstić information content (AvgIpc) is 2.31. The monoisotopic (exact) mass is 186 g/mol. The van der Waals surface area contributed by atoms with Gasteiger partial charge in [0.15, 0.2) is 0 Å². The Morgan fingerprint density at radius 3 is 2.62 bits per heavy atom. The van der Waals surface area contributed by atoms with Gasteiger partial charge in [0.25, 0.3) is 5.56 Å². The Balaban J connectivity index is 0.00000169. The van der Waals surface area contributed by atoms with Crippen LogP contribution in [-0.4, -0.2) is 21.5 Å². The Hall–Kier alpha value is -1.52. The van der Waals surface area contributed by atoms with E-state index in [1.807, 2.05) is 0 Å². The van der Waals surface area contributed by atoms with Crippen LogP contribution in [0.15, 0.2) is 17.1 Å². The number of carbonyl (C=O) groups is 1. The molecule has 0 fully saturated rings. The predicted octanol–water partition coefficient (Wildman–Crippen LogP) is 1.21. The first kappa shape index (κ1) is 9.57. The van der Waals surface area contributed by atoms with Crippen LogP contribution in [-0.2, 0) is 4.74 Å². The quantitative estimate of drug-likeness (QED) is 0.662. The second-order valence-corrected chi connectivity index (χ2v) is 3.64. The van der Waals surface area contributed by atoms with Gasteiger partial charge in [-0.15, -0.1) is 0 Å². The van der Waals surface area contributed by atoms with Crippen molar-refractivity contribution in [1.82, 2.24) is 9.78 Å². The molecule has 0 amide bonds. The van der Waals surface area contributed by atoms with Crippen LogP contribution in [0.3, 0.4) is 0 Å². The molecule has 1 aromatic heterocycles. The van der Waals surface area contributed by atoms with E-state index in [0.29, 0.717) is 0 Å². The number of hydrogen-bond acceptors (Lipinski definition) is 3. The third kappa shape index (κ3) is 2.77. The third-order valence-corrected chi connectivity index (χ3v) is 1.20. The summed E-state index contributed by atoms with van der Waals surface area (Å²) in [6, 6.07) is 1.25. The smallest absolute Gasteiger partial charge is 0.433 e. The molecular formula is C8H14N2O3. The van der Waals surface area contributed by atoms with Gasteiger partial charge in [-0.1, -0.05) is 0 Å². The molecule has 5 nitrogen and oxygen atoms in total. The van der Waals surface area contributed by atoms with E-state index in [1.165, 1.54) is 12.3 Å². The molecule has 0 saturated carbocycles. The molecule has 1 aromatic rings. The van der Waals surface area contributed by atoms with E-state index in [4.69, 9.17) is 4.74 Å². The SMILES string of the molecule is CC(C)(C)OC(=O)n1ccc(=O)[nH]1.[HH]. The van der Waals surface area contributed by atoms with Gasteiger partial charge < -0.3 is 4.74 Å². The molecule has 1 N–H and O–H groups in total. The van der Waals surface area contributed by atoms with E-state index >= 15 is 0 Å². The molecule has 0 aromatic carbocycles. The first-order chi connectivity index (χ1) is 5.88. The van der Waals surface area contributed by atoms with Crippen LogP contribution in [0, 0.1) is 0 Å². The highest BCUT2D eigenvalue weighted by Gasteiger charge is 2.17. The first-order valence-corrected chi connectivity index (χ1v) is 3.89. The maximum absolute atomic E-state index is 11.2. The van der Waals surface area contributed by atoms with Crippen molar-refractivity contribution >= 4 is 6.09 Å². The minimum Gasteiger partial charge on any atom is -0.442 e. The molecule has 0 aliphatic carbocycles. The van der Waals surface area contributed by atoms with Gasteiger partial charge in [-0.25, -0.2) is 4.79 Å². The molecule has 5 heteroatoms. The number of H-pyrrole nitrogens is 1. The molecule has 0 saturated heterocycles. The van der Waals surface area contributed by atoms with Gasteiger partial charge >= 0.3 is 6.09 Å². The number of hydrogen-bond donors (Lipinski definition) is 1. The number of nitrogens with zero attached hydrogens (tertiary/aromatic N) is 1. The van der Waals surface area contributed by atoms with Gasteiger partial charge in [-0.05, 0) is 20.8 Å². The summed E-state index contributed by atoms with van der Waals surface area (Å²) < 4.78 is 6.00. The maximum Gasteiger partial charge on any atom is 0.433 e. The van der Waals surface area contributed by atoms with Crippen molar-refractivity contribution < 1.29 is 11.0 Å². The van der Waals surface area contributed by atoms with Crippen LogP contribution in [0.25, 0.3) is 0 Å². The zero-order chi connectivity index (χ0) is 10.1. The standard InChI is InChI=1S/C8H12N2O3.H2/c1-8(2,3)13-7(12)10-5-4-6(11)9-10;/h4-5H,1-3H3,(H,9,11);1H. The lowest BCUT2D eigenvalue weighted by Crippen LogP contribution is -2.28. The molecule has 74 valence electrons. The Morgan fingerprint density at radius 1 is 1.62 bits per heavy atom. The molecule has 0 unspecified atom stereocenters. The topological polar surface area (TPSA) is 64.1 Å². The Kier molecular flexibility index (Phi) is 2.27. The van der Waals surface area contributed by atoms with E-state index in [-0.39, 0.29) is 6.99 Å². The Labute approximate surface area is 76.8 Å². The van der Waals surface area contributed by atoms with E-state index in [1.54, 1.807) is 20.8 Å². The molecule has 0 bridgehead atoms. The summed E-state index contributed by atoms with van der Waals surface area (Å²) in [5.41, 5.74) is -0.885. The van der Waals surface area contributed by atoms with E-state index in [0.717, 1.165) is 4.68 Å². The highest BCUT2D eigenvalue weighted by molar-refractivity contribution is 5.69. The molecule has 0 atom stereocenters. The van der Waals surface area contributed by atoms with Gasteiger partial charge in [0.2, 0.25) is 0 Å². The van der Waals surface area contributed by atoms with Crippen molar-refractivity contribution in [2.75, 3.05) is 0 Å². The molecular weight excluding hydrogens is 172 g/mol. The summed E-state index contributed by atoms with van der Waals surface area (Å²) >= 11 is 0. The van der Waals surface area contributed by atoms with Crippen molar-refractivity contribution in [1.29, 1.82) is 0 Å². The first-order valence-electron chi connectivity index (χ1n) is 3.89. The summed E-state index contributed by atoms with van der Waals surface area (Å²) in [7, 11) is 0. The van der Waals surface area contributed by atoms with Crippen molar-refractivity contribution in [2.45, 2.75) is 26.4 Å². The summed E-state index contributed by atoms with van der Waals surface area (Å²) in [5, 5.41) is 2.28. The fraction of sp³-hybridized carbons (Fsp3) is 0.500. The summed E-state index contributed by atoms with van der Waals surface area (Å²) in [6.45, 7) is 5.27. The minimum atomic E-state index is -0.588. The number of rotatable bonds is 0. The van der Waals surface area contributed by atoms with Crippen molar-refractivity contribution in [3.8, 4) is 0 Å². The zero-order valence-electron chi connectivity index (χ0n) is 7.83. The van der Waals surface area contributed by atoms with Crippen LogP contribution in [0.1, 0.15) is 22.2 Å². The summed E-state index contributed by atoms with van der Waals surface area (Å²) in [5.74, 6) is 0. The highest BCUT2D eigenvalue weighted by atomic mass is 16.6. The molecule has 0 aliphatic heterocycles. The molecule has 1 heterocycles. The van der Waals surface area contributed by atoms with E-state index < -0.39 is 11.7 Å². The van der Waals surface area contributed by atoms with Gasteiger partial charge in [-0.3, -0.25) is 9.89 Å². The van der Waals surface area contributed by atoms with Crippen LogP contribution in [0.5, 0.6) is 0 Å². The Bertz CT molecular complexity index is 361. The van der Waals surface area contributed by atoms with Gasteiger partial charge in [0.1, 0.15) is 5.60 Å². The predicted molar refractivity (Wildman–Crippen MR) is 48.8 cm³/mol. The number of nitrogens with one attached hydrogen (secondary N) is 1. The van der Waals surface area contributed by atoms with Crippen molar-refractivity contribution in [3.05, 3.63) is 22.6 Å². The second-order valence-electron chi connectivity index (χ2n) is 3.64.